The van der Waals surface area contributed by atoms with Gasteiger partial charge in [-0.15, -0.1) is 0 Å². The predicted octanol–water partition coefficient (Wildman–Crippen LogP) is 0.886. The van der Waals surface area contributed by atoms with E-state index in [9.17, 15) is 18.0 Å². The van der Waals surface area contributed by atoms with Crippen LogP contribution in [0.2, 0.25) is 0 Å². The largest absolute Gasteiger partial charge is 0.342 e. The molecule has 136 valence electrons. The van der Waals surface area contributed by atoms with Crippen molar-refractivity contribution >= 4 is 27.5 Å². The molecule has 2 aliphatic rings. The first-order valence-electron chi connectivity index (χ1n) is 8.57. The van der Waals surface area contributed by atoms with Crippen molar-refractivity contribution in [3.8, 4) is 0 Å². The molecule has 1 saturated heterocycles. The maximum atomic E-state index is 12.5. The van der Waals surface area contributed by atoms with Gasteiger partial charge in [0.25, 0.3) is 0 Å². The summed E-state index contributed by atoms with van der Waals surface area (Å²) < 4.78 is 27.4. The molecule has 2 heterocycles. The minimum Gasteiger partial charge on any atom is -0.342 e. The van der Waals surface area contributed by atoms with Crippen LogP contribution in [-0.2, 0) is 26.0 Å². The lowest BCUT2D eigenvalue weighted by Crippen LogP contribution is -2.38. The van der Waals surface area contributed by atoms with Gasteiger partial charge in [-0.05, 0) is 49.4 Å². The van der Waals surface area contributed by atoms with Gasteiger partial charge >= 0.3 is 0 Å². The van der Waals surface area contributed by atoms with Crippen LogP contribution in [0, 0.1) is 0 Å². The number of likely N-dealkylation sites (tertiary alicyclic amines) is 1. The average molecular weight is 365 g/mol. The highest BCUT2D eigenvalue weighted by molar-refractivity contribution is 7.89. The van der Waals surface area contributed by atoms with Gasteiger partial charge in [0.1, 0.15) is 0 Å². The summed E-state index contributed by atoms with van der Waals surface area (Å²) in [5.74, 6) is -0.243. The fourth-order valence-corrected chi connectivity index (χ4v) is 4.41. The number of carbonyl (C=O) groups is 2. The van der Waals surface area contributed by atoms with Crippen LogP contribution in [0.4, 0.5) is 5.69 Å². The molecule has 8 heteroatoms. The number of benzene rings is 1. The van der Waals surface area contributed by atoms with Gasteiger partial charge in [-0.1, -0.05) is 0 Å². The van der Waals surface area contributed by atoms with Crippen LogP contribution in [-0.4, -0.2) is 51.3 Å². The van der Waals surface area contributed by atoms with Gasteiger partial charge in [-0.25, -0.2) is 13.1 Å². The molecular weight excluding hydrogens is 342 g/mol. The lowest BCUT2D eigenvalue weighted by molar-refractivity contribution is -0.128. The Morgan fingerprint density at radius 1 is 1.12 bits per heavy atom. The monoisotopic (exact) mass is 365 g/mol. The maximum Gasteiger partial charge on any atom is 0.241 e. The second-order valence-corrected chi connectivity index (χ2v) is 8.24. The summed E-state index contributed by atoms with van der Waals surface area (Å²) in [6, 6.07) is 4.77. The third-order valence-electron chi connectivity index (χ3n) is 4.73. The molecule has 0 spiro atoms. The van der Waals surface area contributed by atoms with Crippen LogP contribution in [0.3, 0.4) is 0 Å². The molecule has 2 amide bonds. The van der Waals surface area contributed by atoms with Crippen molar-refractivity contribution in [3.05, 3.63) is 23.8 Å². The van der Waals surface area contributed by atoms with Crippen molar-refractivity contribution in [1.82, 2.24) is 9.62 Å². The summed E-state index contributed by atoms with van der Waals surface area (Å²) in [4.78, 5) is 27.2. The van der Waals surface area contributed by atoms with Crippen LogP contribution < -0.4 is 9.62 Å². The summed E-state index contributed by atoms with van der Waals surface area (Å²) >= 11 is 0. The number of amides is 2. The van der Waals surface area contributed by atoms with Gasteiger partial charge in [0.2, 0.25) is 21.8 Å². The molecule has 25 heavy (non-hydrogen) atoms. The molecule has 7 nitrogen and oxygen atoms in total. The maximum absolute atomic E-state index is 12.5. The van der Waals surface area contributed by atoms with Gasteiger partial charge in [-0.3, -0.25) is 9.59 Å². The SMILES string of the molecule is CC(=O)N1CCCc2cc(S(=O)(=O)NCC(=O)N3CCCC3)ccc21. The third-order valence-corrected chi connectivity index (χ3v) is 6.13. The Morgan fingerprint density at radius 2 is 1.84 bits per heavy atom. The van der Waals surface area contributed by atoms with Crippen LogP contribution in [0.15, 0.2) is 23.1 Å². The minimum absolute atomic E-state index is 0.0501. The average Bonchev–Trinajstić information content (AvgIpc) is 3.13. The Kier molecular flexibility index (Phi) is 5.10. The highest BCUT2D eigenvalue weighted by Gasteiger charge is 2.24. The number of anilines is 1. The summed E-state index contributed by atoms with van der Waals surface area (Å²) in [5.41, 5.74) is 1.61. The van der Waals surface area contributed by atoms with E-state index in [1.807, 2.05) is 0 Å². The molecule has 0 radical (unpaired) electrons. The summed E-state index contributed by atoms with van der Waals surface area (Å²) in [7, 11) is -3.76. The van der Waals surface area contributed by atoms with E-state index >= 15 is 0 Å². The van der Waals surface area contributed by atoms with E-state index < -0.39 is 10.0 Å². The molecule has 0 unspecified atom stereocenters. The van der Waals surface area contributed by atoms with Crippen LogP contribution in [0.5, 0.6) is 0 Å². The van der Waals surface area contributed by atoms with E-state index in [-0.39, 0.29) is 23.3 Å². The topological polar surface area (TPSA) is 86.8 Å². The molecule has 1 N–H and O–H groups in total. The molecule has 2 aliphatic heterocycles. The highest BCUT2D eigenvalue weighted by Crippen LogP contribution is 2.29. The summed E-state index contributed by atoms with van der Waals surface area (Å²) in [6.45, 7) is 3.32. The molecule has 3 rings (SSSR count). The van der Waals surface area contributed by atoms with Crippen molar-refractivity contribution in [2.24, 2.45) is 0 Å². The number of nitrogens with one attached hydrogen (secondary N) is 1. The van der Waals surface area contributed by atoms with E-state index in [0.29, 0.717) is 19.6 Å². The molecule has 1 fully saturated rings. The van der Waals surface area contributed by atoms with Crippen molar-refractivity contribution in [1.29, 1.82) is 0 Å². The Morgan fingerprint density at radius 3 is 2.52 bits per heavy atom. The van der Waals surface area contributed by atoms with Crippen LogP contribution >= 0.6 is 0 Å². The molecule has 1 aromatic carbocycles. The lowest BCUT2D eigenvalue weighted by atomic mass is 10.0. The Hall–Kier alpha value is -1.93. The van der Waals surface area contributed by atoms with Crippen LogP contribution in [0.1, 0.15) is 31.7 Å². The van der Waals surface area contributed by atoms with Gasteiger partial charge in [0, 0.05) is 32.2 Å². The highest BCUT2D eigenvalue weighted by atomic mass is 32.2. The molecule has 0 saturated carbocycles. The number of aryl methyl sites for hydroxylation is 1. The van der Waals surface area contributed by atoms with Crippen LogP contribution in [0.25, 0.3) is 0 Å². The predicted molar refractivity (Wildman–Crippen MR) is 93.8 cm³/mol. The van der Waals surface area contributed by atoms with Gasteiger partial charge in [0.05, 0.1) is 11.4 Å². The number of nitrogens with zero attached hydrogens (tertiary/aromatic N) is 2. The molecule has 0 bridgehead atoms. The number of carbonyl (C=O) groups excluding carboxylic acids is 2. The number of hydrogen-bond donors (Lipinski definition) is 1. The van der Waals surface area contributed by atoms with Gasteiger partial charge in [-0.2, -0.15) is 0 Å². The van der Waals surface area contributed by atoms with Gasteiger partial charge < -0.3 is 9.80 Å². The zero-order valence-corrected chi connectivity index (χ0v) is 15.1. The van der Waals surface area contributed by atoms with E-state index in [0.717, 1.165) is 36.9 Å². The summed E-state index contributed by atoms with van der Waals surface area (Å²) in [5, 5.41) is 0. The normalized spacial score (nSPS) is 17.5. The fourth-order valence-electron chi connectivity index (χ4n) is 3.39. The fraction of sp³-hybridized carbons (Fsp3) is 0.529. The first-order valence-corrected chi connectivity index (χ1v) is 10.1. The molecule has 0 aromatic heterocycles. The number of fused-ring (bicyclic) bond motifs is 1. The molecule has 0 aliphatic carbocycles. The van der Waals surface area contributed by atoms with Crippen molar-refractivity contribution in [2.75, 3.05) is 31.1 Å². The van der Waals surface area contributed by atoms with E-state index in [1.165, 1.54) is 13.0 Å². The Balaban J connectivity index is 1.74. The molecule has 0 atom stereocenters. The standard InChI is InChI=1S/C17H23N3O4S/c1-13(21)20-10-4-5-14-11-15(6-7-16(14)20)25(23,24)18-12-17(22)19-8-2-3-9-19/h6-7,11,18H,2-5,8-10,12H2,1H3. The van der Waals surface area contributed by atoms with Gasteiger partial charge in [0.15, 0.2) is 0 Å². The number of rotatable bonds is 4. The quantitative estimate of drug-likeness (QED) is 0.858. The van der Waals surface area contributed by atoms with Crippen molar-refractivity contribution < 1.29 is 18.0 Å². The lowest BCUT2D eigenvalue weighted by Gasteiger charge is -2.28. The third kappa shape index (κ3) is 3.85. The minimum atomic E-state index is -3.76. The van der Waals surface area contributed by atoms with Crippen molar-refractivity contribution in [3.63, 3.8) is 0 Å². The summed E-state index contributed by atoms with van der Waals surface area (Å²) in [6.07, 6.45) is 3.47. The van der Waals surface area contributed by atoms with E-state index in [4.69, 9.17) is 0 Å². The second-order valence-electron chi connectivity index (χ2n) is 6.48. The first-order chi connectivity index (χ1) is 11.9. The second kappa shape index (κ2) is 7.13. The first kappa shape index (κ1) is 17.9. The zero-order chi connectivity index (χ0) is 18.0. The number of sulfonamides is 1. The molecular formula is C17H23N3O4S. The van der Waals surface area contributed by atoms with E-state index in [2.05, 4.69) is 4.72 Å². The van der Waals surface area contributed by atoms with E-state index in [1.54, 1.807) is 21.9 Å². The van der Waals surface area contributed by atoms with Crippen molar-refractivity contribution in [2.45, 2.75) is 37.5 Å². The Bertz CT molecular complexity index is 785. The molecule has 1 aromatic rings. The Labute approximate surface area is 148 Å². The zero-order valence-electron chi connectivity index (χ0n) is 14.3. The smallest absolute Gasteiger partial charge is 0.241 e. The number of hydrogen-bond acceptors (Lipinski definition) is 4.